The van der Waals surface area contributed by atoms with Crippen molar-refractivity contribution in [3.8, 4) is 0 Å². The van der Waals surface area contributed by atoms with Crippen molar-refractivity contribution >= 4 is 28.8 Å². The Hall–Kier alpha value is -3.37. The number of anilines is 2. The number of hydrogen-bond donors (Lipinski definition) is 0. The highest BCUT2D eigenvalue weighted by Gasteiger charge is 2.38. The number of nitrogens with zero attached hydrogens (tertiary/aromatic N) is 10. The molecular weight excluding hydrogens is 372 g/mol. The molecule has 29 heavy (non-hydrogen) atoms. The average molecular weight is 394 g/mol. The maximum absolute atomic E-state index is 12.9. The fourth-order valence-electron chi connectivity index (χ4n) is 3.87. The standard InChI is InChI=1S/C18H22N10O/c1-2-28-16-14(23-24-28)15(21-12-22-16)27-10-13(11-27)17(29)25-6-8-26(9-7-25)18-19-4-3-5-20-18/h3-5,12-13H,2,6-11H2,1H3. The predicted octanol–water partition coefficient (Wildman–Crippen LogP) is -0.184. The first-order chi connectivity index (χ1) is 14.2. The van der Waals surface area contributed by atoms with Gasteiger partial charge in [0.2, 0.25) is 11.9 Å². The van der Waals surface area contributed by atoms with Crippen LogP contribution in [-0.4, -0.2) is 85.0 Å². The molecule has 0 unspecified atom stereocenters. The predicted molar refractivity (Wildman–Crippen MR) is 105 cm³/mol. The van der Waals surface area contributed by atoms with Crippen LogP contribution in [0.4, 0.5) is 11.8 Å². The van der Waals surface area contributed by atoms with Crippen molar-refractivity contribution in [1.82, 2.24) is 39.8 Å². The molecule has 0 aromatic carbocycles. The Morgan fingerprint density at radius 2 is 1.79 bits per heavy atom. The van der Waals surface area contributed by atoms with E-state index in [1.165, 1.54) is 6.33 Å². The van der Waals surface area contributed by atoms with Gasteiger partial charge in [0.1, 0.15) is 6.33 Å². The molecule has 2 aliphatic rings. The van der Waals surface area contributed by atoms with E-state index < -0.39 is 0 Å². The number of aromatic nitrogens is 7. The molecule has 150 valence electrons. The average Bonchev–Trinajstić information content (AvgIpc) is 3.17. The molecule has 0 saturated carbocycles. The summed E-state index contributed by atoms with van der Waals surface area (Å²) < 4.78 is 1.75. The smallest absolute Gasteiger partial charge is 0.229 e. The van der Waals surface area contributed by atoms with E-state index in [9.17, 15) is 4.79 Å². The third-order valence-electron chi connectivity index (χ3n) is 5.54. The Kier molecular flexibility index (Phi) is 4.41. The zero-order valence-electron chi connectivity index (χ0n) is 16.2. The van der Waals surface area contributed by atoms with E-state index >= 15 is 0 Å². The minimum absolute atomic E-state index is 0.0132. The van der Waals surface area contributed by atoms with E-state index in [1.54, 1.807) is 23.1 Å². The van der Waals surface area contributed by atoms with Crippen LogP contribution in [0, 0.1) is 5.92 Å². The number of carbonyl (C=O) groups is 1. The number of fused-ring (bicyclic) bond motifs is 1. The van der Waals surface area contributed by atoms with Gasteiger partial charge in [0, 0.05) is 58.2 Å². The zero-order valence-corrected chi connectivity index (χ0v) is 16.2. The first-order valence-corrected chi connectivity index (χ1v) is 9.84. The van der Waals surface area contributed by atoms with Gasteiger partial charge in [-0.15, -0.1) is 5.10 Å². The Balaban J connectivity index is 1.20. The lowest BCUT2D eigenvalue weighted by Crippen LogP contribution is -2.58. The normalized spacial score (nSPS) is 17.6. The lowest BCUT2D eigenvalue weighted by atomic mass is 9.98. The SMILES string of the molecule is CCn1nnc2c(N3CC(C(=O)N4CCN(c5ncccn5)CC4)C3)ncnc21. The van der Waals surface area contributed by atoms with E-state index in [-0.39, 0.29) is 11.8 Å². The summed E-state index contributed by atoms with van der Waals surface area (Å²) in [5, 5.41) is 8.35. The van der Waals surface area contributed by atoms with Crippen molar-refractivity contribution in [3.05, 3.63) is 24.8 Å². The molecular formula is C18H22N10O. The third kappa shape index (κ3) is 3.12. The highest BCUT2D eigenvalue weighted by atomic mass is 16.2. The number of carbonyl (C=O) groups excluding carboxylic acids is 1. The van der Waals surface area contributed by atoms with E-state index in [0.29, 0.717) is 38.2 Å². The lowest BCUT2D eigenvalue weighted by Gasteiger charge is -2.43. The van der Waals surface area contributed by atoms with E-state index in [2.05, 4.69) is 40.0 Å². The highest BCUT2D eigenvalue weighted by Crippen LogP contribution is 2.28. The Bertz CT molecular complexity index is 1010. The van der Waals surface area contributed by atoms with Crippen LogP contribution in [0.3, 0.4) is 0 Å². The van der Waals surface area contributed by atoms with Crippen LogP contribution < -0.4 is 9.80 Å². The van der Waals surface area contributed by atoms with Gasteiger partial charge in [0.25, 0.3) is 0 Å². The molecule has 5 heterocycles. The van der Waals surface area contributed by atoms with Gasteiger partial charge < -0.3 is 14.7 Å². The van der Waals surface area contributed by atoms with Gasteiger partial charge >= 0.3 is 0 Å². The molecule has 1 amide bonds. The summed E-state index contributed by atoms with van der Waals surface area (Å²) in [7, 11) is 0. The van der Waals surface area contributed by atoms with Crippen molar-refractivity contribution in [2.24, 2.45) is 5.92 Å². The van der Waals surface area contributed by atoms with Gasteiger partial charge in [-0.25, -0.2) is 24.6 Å². The van der Waals surface area contributed by atoms with Crippen molar-refractivity contribution in [2.45, 2.75) is 13.5 Å². The molecule has 11 nitrogen and oxygen atoms in total. The lowest BCUT2D eigenvalue weighted by molar-refractivity contribution is -0.136. The topological polar surface area (TPSA) is 109 Å². The number of piperazine rings is 1. The fraction of sp³-hybridized carbons (Fsp3) is 0.500. The molecule has 11 heteroatoms. The monoisotopic (exact) mass is 394 g/mol. The van der Waals surface area contributed by atoms with E-state index in [1.807, 2.05) is 11.8 Å². The minimum atomic E-state index is -0.0132. The first-order valence-electron chi connectivity index (χ1n) is 9.84. The molecule has 0 radical (unpaired) electrons. The molecule has 0 aliphatic carbocycles. The summed E-state index contributed by atoms with van der Waals surface area (Å²) in [6.07, 6.45) is 5.02. The van der Waals surface area contributed by atoms with Crippen molar-refractivity contribution in [2.75, 3.05) is 49.1 Å². The highest BCUT2D eigenvalue weighted by molar-refractivity contribution is 5.86. The third-order valence-corrected chi connectivity index (χ3v) is 5.54. The number of amides is 1. The van der Waals surface area contributed by atoms with Crippen LogP contribution in [-0.2, 0) is 11.3 Å². The minimum Gasteiger partial charge on any atom is -0.353 e. The van der Waals surface area contributed by atoms with Gasteiger partial charge in [-0.05, 0) is 13.0 Å². The van der Waals surface area contributed by atoms with Gasteiger partial charge in [0.15, 0.2) is 17.0 Å². The molecule has 2 fully saturated rings. The number of aryl methyl sites for hydroxylation is 1. The largest absolute Gasteiger partial charge is 0.353 e. The summed E-state index contributed by atoms with van der Waals surface area (Å²) in [6.45, 7) is 6.87. The molecule has 0 atom stereocenters. The Morgan fingerprint density at radius 1 is 1.03 bits per heavy atom. The maximum Gasteiger partial charge on any atom is 0.229 e. The first kappa shape index (κ1) is 17.7. The molecule has 0 N–H and O–H groups in total. The molecule has 3 aromatic heterocycles. The van der Waals surface area contributed by atoms with Crippen LogP contribution in [0.2, 0.25) is 0 Å². The van der Waals surface area contributed by atoms with Crippen molar-refractivity contribution < 1.29 is 4.79 Å². The molecule has 2 aliphatic heterocycles. The fourth-order valence-corrected chi connectivity index (χ4v) is 3.87. The number of hydrogen-bond acceptors (Lipinski definition) is 9. The van der Waals surface area contributed by atoms with Gasteiger partial charge in [-0.2, -0.15) is 0 Å². The van der Waals surface area contributed by atoms with Crippen LogP contribution in [0.15, 0.2) is 24.8 Å². The Labute approximate surface area is 167 Å². The van der Waals surface area contributed by atoms with Crippen molar-refractivity contribution in [1.29, 1.82) is 0 Å². The second kappa shape index (κ2) is 7.22. The molecule has 3 aromatic rings. The molecule has 0 bridgehead atoms. The summed E-state index contributed by atoms with van der Waals surface area (Å²) in [4.78, 5) is 36.3. The number of rotatable bonds is 4. The van der Waals surface area contributed by atoms with Crippen LogP contribution in [0.5, 0.6) is 0 Å². The maximum atomic E-state index is 12.9. The Morgan fingerprint density at radius 3 is 2.52 bits per heavy atom. The quantitative estimate of drug-likeness (QED) is 0.595. The summed E-state index contributed by atoms with van der Waals surface area (Å²) in [5.41, 5.74) is 1.42. The summed E-state index contributed by atoms with van der Waals surface area (Å²) in [6, 6.07) is 1.81. The molecule has 5 rings (SSSR count). The van der Waals surface area contributed by atoms with Crippen molar-refractivity contribution in [3.63, 3.8) is 0 Å². The molecule has 0 spiro atoms. The zero-order chi connectivity index (χ0) is 19.8. The van der Waals surface area contributed by atoms with Gasteiger partial charge in [0.05, 0.1) is 5.92 Å². The van der Waals surface area contributed by atoms with Crippen LogP contribution in [0.25, 0.3) is 11.2 Å². The van der Waals surface area contributed by atoms with E-state index in [0.717, 1.165) is 30.5 Å². The van der Waals surface area contributed by atoms with Crippen LogP contribution in [0.1, 0.15) is 6.92 Å². The van der Waals surface area contributed by atoms with Gasteiger partial charge in [-0.3, -0.25) is 4.79 Å². The second-order valence-corrected chi connectivity index (χ2v) is 7.24. The molecule has 2 saturated heterocycles. The van der Waals surface area contributed by atoms with Crippen LogP contribution >= 0.6 is 0 Å². The van der Waals surface area contributed by atoms with E-state index in [4.69, 9.17) is 0 Å². The second-order valence-electron chi connectivity index (χ2n) is 7.24. The summed E-state index contributed by atoms with van der Waals surface area (Å²) >= 11 is 0. The van der Waals surface area contributed by atoms with Gasteiger partial charge in [-0.1, -0.05) is 5.21 Å². The summed E-state index contributed by atoms with van der Waals surface area (Å²) in [5.74, 6) is 1.67.